The monoisotopic (exact) mass is 658 g/mol. The lowest BCUT2D eigenvalue weighted by atomic mass is 9.40. The lowest BCUT2D eigenvalue weighted by molar-refractivity contribution is -0.224. The smallest absolute Gasteiger partial charge is 0.349 e. The molecule has 8 heteroatoms. The molecule has 5 aliphatic rings. The standard InChI is InChI=1S/C27H35IO7.2C2H6/c1-24(2)9-10-27(23(33)34-35-28)8-6-14-20(16(27)12-24)17(29)11-19-25(14,3)7-5-15-21(31)22(32)18(30)13-26(15,19)4;2*1-2/h11,13-16,20-21,30-31H,5-10,12H2,1-4H3;2*1-2H3. The second kappa shape index (κ2) is 11.6. The molecule has 0 bridgehead atoms. The molecule has 0 saturated heterocycles. The second-order valence-corrected chi connectivity index (χ2v) is 13.2. The van der Waals surface area contributed by atoms with Crippen LogP contribution in [0.4, 0.5) is 0 Å². The molecule has 0 heterocycles. The van der Waals surface area contributed by atoms with E-state index in [9.17, 15) is 24.6 Å². The summed E-state index contributed by atoms with van der Waals surface area (Å²) in [4.78, 5) is 44.7. The first-order chi connectivity index (χ1) is 18.3. The van der Waals surface area contributed by atoms with Crippen molar-refractivity contribution in [3.8, 4) is 0 Å². The quantitative estimate of drug-likeness (QED) is 0.187. The largest absolute Gasteiger partial charge is 0.505 e. The molecule has 0 spiro atoms. The van der Waals surface area contributed by atoms with Gasteiger partial charge in [-0.05, 0) is 79.8 Å². The average molecular weight is 659 g/mol. The molecule has 3 saturated carbocycles. The zero-order chi connectivity index (χ0) is 29.6. The second-order valence-electron chi connectivity index (χ2n) is 12.9. The summed E-state index contributed by atoms with van der Waals surface area (Å²) in [7, 11) is 0. The maximum absolute atomic E-state index is 14.0. The maximum Gasteiger partial charge on any atom is 0.349 e. The van der Waals surface area contributed by atoms with Crippen LogP contribution in [0.3, 0.4) is 0 Å². The van der Waals surface area contributed by atoms with E-state index in [0.29, 0.717) is 19.3 Å². The molecule has 0 aromatic carbocycles. The molecule has 0 aromatic rings. The molecule has 7 nitrogen and oxygen atoms in total. The van der Waals surface area contributed by atoms with Crippen LogP contribution in [0, 0.1) is 45.3 Å². The first-order valence-electron chi connectivity index (χ1n) is 14.7. The molecule has 0 aliphatic heterocycles. The maximum atomic E-state index is 14.0. The predicted molar refractivity (Wildman–Crippen MR) is 157 cm³/mol. The topological polar surface area (TPSA) is 110 Å². The zero-order valence-electron chi connectivity index (χ0n) is 24.8. The van der Waals surface area contributed by atoms with Crippen molar-refractivity contribution >= 4 is 40.5 Å². The molecule has 0 radical (unpaired) electrons. The Morgan fingerprint density at radius 3 is 2.18 bits per heavy atom. The number of rotatable bonds is 2. The van der Waals surface area contributed by atoms with Crippen LogP contribution in [-0.2, 0) is 22.5 Å². The van der Waals surface area contributed by atoms with E-state index in [1.807, 2.05) is 34.6 Å². The van der Waals surface area contributed by atoms with Crippen LogP contribution in [0.25, 0.3) is 0 Å². The summed E-state index contributed by atoms with van der Waals surface area (Å²) in [5, 5.41) is 21.1. The van der Waals surface area contributed by atoms with Gasteiger partial charge in [-0.2, -0.15) is 0 Å². The normalized spacial score (nSPS) is 41.8. The summed E-state index contributed by atoms with van der Waals surface area (Å²) in [6, 6.07) is 0. The Balaban J connectivity index is 0.00000100. The highest BCUT2D eigenvalue weighted by Crippen LogP contribution is 2.69. The first kappa shape index (κ1) is 32.3. The van der Waals surface area contributed by atoms with Gasteiger partial charge in [0.15, 0.2) is 34.5 Å². The highest BCUT2D eigenvalue weighted by Gasteiger charge is 2.66. The average Bonchev–Trinajstić information content (AvgIpc) is 2.90. The van der Waals surface area contributed by atoms with Crippen LogP contribution >= 0.6 is 23.0 Å². The third-order valence-electron chi connectivity index (χ3n) is 10.7. The van der Waals surface area contributed by atoms with Gasteiger partial charge in [0.05, 0.1) is 5.41 Å². The third-order valence-corrected chi connectivity index (χ3v) is 10.9. The van der Waals surface area contributed by atoms with Crippen molar-refractivity contribution in [1.82, 2.24) is 0 Å². The van der Waals surface area contributed by atoms with Gasteiger partial charge < -0.3 is 10.2 Å². The zero-order valence-corrected chi connectivity index (χ0v) is 27.0. The van der Waals surface area contributed by atoms with Gasteiger partial charge >= 0.3 is 5.97 Å². The van der Waals surface area contributed by atoms with Crippen molar-refractivity contribution in [1.29, 1.82) is 0 Å². The Hall–Kier alpha value is -1.26. The van der Waals surface area contributed by atoms with Crippen LogP contribution in [0.2, 0.25) is 0 Å². The van der Waals surface area contributed by atoms with E-state index < -0.39 is 28.5 Å². The van der Waals surface area contributed by atoms with Gasteiger partial charge in [-0.1, -0.05) is 61.0 Å². The molecular formula is C31H47IO7. The number of ketones is 2. The Morgan fingerprint density at radius 1 is 0.949 bits per heavy atom. The van der Waals surface area contributed by atoms with Gasteiger partial charge in [0, 0.05) is 17.3 Å². The number of allylic oxidation sites excluding steroid dienone is 3. The third kappa shape index (κ3) is 4.94. The number of fused-ring (bicyclic) bond motifs is 7. The lowest BCUT2D eigenvalue weighted by Crippen LogP contribution is -2.61. The SMILES string of the molecule is CC.CC.CC1(C)CCC2(C(=O)OOI)CCC3C(C(=O)C=C4C5(C)C=C(O)C(=O)C(O)C5CCC43C)C2C1. The van der Waals surface area contributed by atoms with Crippen LogP contribution in [0.5, 0.6) is 0 Å². The van der Waals surface area contributed by atoms with Crippen molar-refractivity contribution in [2.75, 3.05) is 0 Å². The van der Waals surface area contributed by atoms with Gasteiger partial charge in [-0.25, -0.2) is 4.79 Å². The predicted octanol–water partition coefficient (Wildman–Crippen LogP) is 7.02. The number of halogens is 1. The fourth-order valence-electron chi connectivity index (χ4n) is 8.88. The number of Topliss-reactive ketones (excluding diaryl/α,β-unsaturated/α-hetero) is 1. The van der Waals surface area contributed by atoms with Crippen molar-refractivity contribution in [3.05, 3.63) is 23.5 Å². The number of aliphatic hydroxyl groups excluding tert-OH is 2. The highest BCUT2D eigenvalue weighted by molar-refractivity contribution is 14.1. The fourth-order valence-corrected chi connectivity index (χ4v) is 9.04. The summed E-state index contributed by atoms with van der Waals surface area (Å²) >= 11 is 1.57. The van der Waals surface area contributed by atoms with Gasteiger partial charge in [0.1, 0.15) is 6.10 Å². The molecule has 220 valence electrons. The van der Waals surface area contributed by atoms with E-state index in [2.05, 4.69) is 20.8 Å². The van der Waals surface area contributed by atoms with Crippen molar-refractivity contribution < 1.29 is 32.7 Å². The molecule has 39 heavy (non-hydrogen) atoms. The van der Waals surface area contributed by atoms with Crippen molar-refractivity contribution in [2.24, 2.45) is 45.3 Å². The molecule has 8 atom stereocenters. The molecule has 8 unspecified atom stereocenters. The van der Waals surface area contributed by atoms with Gasteiger partial charge in [0.25, 0.3) is 0 Å². The minimum atomic E-state index is -1.27. The Morgan fingerprint density at radius 2 is 1.56 bits per heavy atom. The Labute approximate surface area is 247 Å². The summed E-state index contributed by atoms with van der Waals surface area (Å²) in [5.41, 5.74) is -0.923. The Kier molecular flexibility index (Phi) is 9.55. The van der Waals surface area contributed by atoms with E-state index in [4.69, 9.17) is 8.10 Å². The van der Waals surface area contributed by atoms with Crippen LogP contribution < -0.4 is 0 Å². The van der Waals surface area contributed by atoms with E-state index >= 15 is 0 Å². The number of aliphatic hydroxyl groups is 2. The molecule has 0 amide bonds. The van der Waals surface area contributed by atoms with E-state index in [1.165, 1.54) is 0 Å². The van der Waals surface area contributed by atoms with Crippen molar-refractivity contribution in [3.63, 3.8) is 0 Å². The highest BCUT2D eigenvalue weighted by atomic mass is 127. The van der Waals surface area contributed by atoms with Gasteiger partial charge in [0.2, 0.25) is 5.78 Å². The lowest BCUT2D eigenvalue weighted by Gasteiger charge is -2.63. The van der Waals surface area contributed by atoms with Gasteiger partial charge in [-0.15, -0.1) is 3.22 Å². The van der Waals surface area contributed by atoms with E-state index in [0.717, 1.165) is 31.3 Å². The van der Waals surface area contributed by atoms with Crippen LogP contribution in [0.1, 0.15) is 100 Å². The molecule has 5 aliphatic carbocycles. The number of carbonyl (C=O) groups excluding carboxylic acids is 3. The molecule has 2 N–H and O–H groups in total. The van der Waals surface area contributed by atoms with Crippen LogP contribution in [0.15, 0.2) is 23.5 Å². The molecular weight excluding hydrogens is 611 g/mol. The minimum absolute atomic E-state index is 0.0126. The van der Waals surface area contributed by atoms with Gasteiger partial charge in [-0.3, -0.25) is 14.5 Å². The first-order valence-corrected chi connectivity index (χ1v) is 15.6. The number of hydrogen-bond donors (Lipinski definition) is 2. The van der Waals surface area contributed by atoms with E-state index in [-0.39, 0.29) is 46.3 Å². The molecule has 3 fully saturated rings. The Bertz CT molecular complexity index is 1050. The van der Waals surface area contributed by atoms with Crippen molar-refractivity contribution in [2.45, 2.75) is 106 Å². The van der Waals surface area contributed by atoms with E-state index in [1.54, 1.807) is 35.2 Å². The number of carbonyl (C=O) groups is 3. The molecule has 0 aromatic heterocycles. The molecule has 5 rings (SSSR count). The summed E-state index contributed by atoms with van der Waals surface area (Å²) in [5.74, 6) is -2.19. The number of hydrogen-bond acceptors (Lipinski definition) is 7. The summed E-state index contributed by atoms with van der Waals surface area (Å²) in [6.07, 6.45) is 7.10. The minimum Gasteiger partial charge on any atom is -0.505 e. The fraction of sp³-hybridized carbons (Fsp3) is 0.774. The summed E-state index contributed by atoms with van der Waals surface area (Å²) < 4.78 is 4.76. The summed E-state index contributed by atoms with van der Waals surface area (Å²) in [6.45, 7) is 16.5. The van der Waals surface area contributed by atoms with Crippen LogP contribution in [-0.4, -0.2) is 33.9 Å².